The van der Waals surface area contributed by atoms with Gasteiger partial charge in [0.15, 0.2) is 11.6 Å². The molecule has 0 radical (unpaired) electrons. The molecule has 26 heavy (non-hydrogen) atoms. The van der Waals surface area contributed by atoms with Crippen molar-refractivity contribution in [1.29, 1.82) is 0 Å². The van der Waals surface area contributed by atoms with Gasteiger partial charge in [0.2, 0.25) is 0 Å². The van der Waals surface area contributed by atoms with Gasteiger partial charge in [-0.3, -0.25) is 9.59 Å². The van der Waals surface area contributed by atoms with Crippen LogP contribution in [0.15, 0.2) is 46.2 Å². The molecule has 0 saturated carbocycles. The average Bonchev–Trinajstić information content (AvgIpc) is 2.56. The molecule has 2 N–H and O–H groups in total. The van der Waals surface area contributed by atoms with Crippen molar-refractivity contribution in [1.82, 2.24) is 0 Å². The number of aliphatic hydroxyl groups is 2. The molecule has 1 heterocycles. The number of carbonyl (C=O) groups excluding carboxylic acids is 2. The minimum atomic E-state index is -1.46. The van der Waals surface area contributed by atoms with E-state index in [2.05, 4.69) is 0 Å². The second-order valence-corrected chi connectivity index (χ2v) is 8.39. The summed E-state index contributed by atoms with van der Waals surface area (Å²) in [6.45, 7) is 5.79. The Bertz CT molecular complexity index is 830. The molecule has 0 spiro atoms. The van der Waals surface area contributed by atoms with Gasteiger partial charge in [-0.05, 0) is 64.1 Å². The van der Waals surface area contributed by atoms with Crippen LogP contribution in [0.25, 0.3) is 0 Å². The van der Waals surface area contributed by atoms with Crippen molar-refractivity contribution in [2.75, 3.05) is 0 Å². The van der Waals surface area contributed by atoms with Crippen LogP contribution in [-0.4, -0.2) is 33.0 Å². The number of benzene rings is 2. The number of ketones is 2. The number of fused-ring (bicyclic) bond motifs is 2. The zero-order chi connectivity index (χ0) is 19.3. The topological polar surface area (TPSA) is 83.8 Å². The fraction of sp³-hybridized carbons (Fsp3) is 0.300. The summed E-state index contributed by atoms with van der Waals surface area (Å²) in [6, 6.07) is 9.98. The van der Waals surface area contributed by atoms with Crippen LogP contribution in [0, 0.1) is 0 Å². The molecule has 3 rings (SSSR count). The van der Waals surface area contributed by atoms with E-state index in [1.54, 1.807) is 36.4 Å². The molecule has 6 heteroatoms. The van der Waals surface area contributed by atoms with Gasteiger partial charge in [-0.15, -0.1) is 0 Å². The van der Waals surface area contributed by atoms with Crippen LogP contribution < -0.4 is 4.74 Å². The van der Waals surface area contributed by atoms with E-state index in [1.807, 2.05) is 0 Å². The third-order valence-electron chi connectivity index (χ3n) is 3.96. The first-order chi connectivity index (χ1) is 12.0. The molecule has 0 aromatic heterocycles. The van der Waals surface area contributed by atoms with Gasteiger partial charge >= 0.3 is 0 Å². The highest BCUT2D eigenvalue weighted by Crippen LogP contribution is 2.47. The van der Waals surface area contributed by atoms with Gasteiger partial charge < -0.3 is 14.9 Å². The summed E-state index contributed by atoms with van der Waals surface area (Å²) in [5.74, 6) is 0.461. The molecule has 1 aliphatic rings. The Morgan fingerprint density at radius 1 is 0.808 bits per heavy atom. The zero-order valence-corrected chi connectivity index (χ0v) is 15.8. The molecule has 136 valence electrons. The second-order valence-electron chi connectivity index (χ2n) is 7.30. The maximum Gasteiger partial charge on any atom is 0.193 e. The van der Waals surface area contributed by atoms with Crippen molar-refractivity contribution in [3.05, 3.63) is 47.5 Å². The SMILES string of the molecule is CC(C)(O)C(=O)c1ccc2c(c1)Sc1cc(C(=O)C(C)(C)O)ccc1O2. The van der Waals surface area contributed by atoms with E-state index in [0.717, 1.165) is 9.79 Å². The predicted molar refractivity (Wildman–Crippen MR) is 98.3 cm³/mol. The van der Waals surface area contributed by atoms with E-state index in [0.29, 0.717) is 22.6 Å². The maximum atomic E-state index is 12.3. The lowest BCUT2D eigenvalue weighted by Gasteiger charge is -2.22. The van der Waals surface area contributed by atoms with Gasteiger partial charge in [0.1, 0.15) is 22.7 Å². The summed E-state index contributed by atoms with van der Waals surface area (Å²) >= 11 is 1.37. The van der Waals surface area contributed by atoms with E-state index in [-0.39, 0.29) is 11.6 Å². The largest absolute Gasteiger partial charge is 0.455 e. The molecule has 0 saturated heterocycles. The van der Waals surface area contributed by atoms with Crippen LogP contribution in [0.1, 0.15) is 48.4 Å². The molecular formula is C20H20O5S. The van der Waals surface area contributed by atoms with Crippen LogP contribution in [0.5, 0.6) is 11.5 Å². The van der Waals surface area contributed by atoms with Crippen LogP contribution in [0.2, 0.25) is 0 Å². The lowest BCUT2D eigenvalue weighted by atomic mass is 9.96. The van der Waals surface area contributed by atoms with E-state index < -0.39 is 11.2 Å². The molecule has 0 aliphatic carbocycles. The number of carbonyl (C=O) groups is 2. The molecule has 0 bridgehead atoms. The van der Waals surface area contributed by atoms with Gasteiger partial charge in [0.25, 0.3) is 0 Å². The number of ether oxygens (including phenoxy) is 1. The first kappa shape index (κ1) is 18.6. The van der Waals surface area contributed by atoms with Gasteiger partial charge in [-0.1, -0.05) is 11.8 Å². The van der Waals surface area contributed by atoms with E-state index in [9.17, 15) is 19.8 Å². The van der Waals surface area contributed by atoms with Gasteiger partial charge in [-0.25, -0.2) is 0 Å². The molecule has 0 unspecified atom stereocenters. The van der Waals surface area contributed by atoms with Crippen LogP contribution >= 0.6 is 11.8 Å². The molecule has 1 aliphatic heterocycles. The molecule has 5 nitrogen and oxygen atoms in total. The zero-order valence-electron chi connectivity index (χ0n) is 15.0. The Kier molecular flexibility index (Phi) is 4.46. The highest BCUT2D eigenvalue weighted by atomic mass is 32.2. The number of rotatable bonds is 4. The van der Waals surface area contributed by atoms with E-state index >= 15 is 0 Å². The van der Waals surface area contributed by atoms with Gasteiger partial charge in [-0.2, -0.15) is 0 Å². The normalized spacial score (nSPS) is 13.5. The number of hydrogen-bond donors (Lipinski definition) is 2. The molecule has 0 fully saturated rings. The van der Waals surface area contributed by atoms with Crippen molar-refractivity contribution in [3.63, 3.8) is 0 Å². The first-order valence-corrected chi connectivity index (χ1v) is 8.96. The smallest absolute Gasteiger partial charge is 0.193 e. The standard InChI is InChI=1S/C20H20O5S/c1-19(2,23)17(21)11-5-7-13-15(9-11)26-16-10-12(6-8-14(16)25-13)18(22)20(3,4)24/h5-10,23-24H,1-4H3. The third-order valence-corrected chi connectivity index (χ3v) is 5.04. The molecule has 2 aromatic rings. The minimum Gasteiger partial charge on any atom is -0.455 e. The Morgan fingerprint density at radius 3 is 1.54 bits per heavy atom. The van der Waals surface area contributed by atoms with E-state index in [4.69, 9.17) is 4.74 Å². The predicted octanol–water partition coefficient (Wildman–Crippen LogP) is 3.85. The lowest BCUT2D eigenvalue weighted by Crippen LogP contribution is -2.31. The highest BCUT2D eigenvalue weighted by Gasteiger charge is 2.29. The molecule has 2 aromatic carbocycles. The van der Waals surface area contributed by atoms with Crippen LogP contribution in [0.4, 0.5) is 0 Å². The van der Waals surface area contributed by atoms with Crippen LogP contribution in [-0.2, 0) is 0 Å². The molecule has 0 amide bonds. The quantitative estimate of drug-likeness (QED) is 0.677. The highest BCUT2D eigenvalue weighted by molar-refractivity contribution is 7.99. The Labute approximate surface area is 156 Å². The van der Waals surface area contributed by atoms with Gasteiger partial charge in [0, 0.05) is 11.1 Å². The fourth-order valence-corrected chi connectivity index (χ4v) is 3.60. The fourth-order valence-electron chi connectivity index (χ4n) is 2.57. The number of Topliss-reactive ketones (excluding diaryl/α,β-unsaturated/α-hetero) is 2. The Balaban J connectivity index is 1.95. The summed E-state index contributed by atoms with van der Waals surface area (Å²) in [7, 11) is 0. The second kappa shape index (κ2) is 6.23. The average molecular weight is 372 g/mol. The first-order valence-electron chi connectivity index (χ1n) is 8.15. The van der Waals surface area contributed by atoms with Crippen molar-refractivity contribution >= 4 is 23.3 Å². The van der Waals surface area contributed by atoms with Crippen molar-refractivity contribution in [2.45, 2.75) is 48.7 Å². The summed E-state index contributed by atoms with van der Waals surface area (Å²) in [5, 5.41) is 19.9. The molecule has 0 atom stereocenters. The van der Waals surface area contributed by atoms with Crippen molar-refractivity contribution < 1.29 is 24.5 Å². The van der Waals surface area contributed by atoms with Crippen molar-refractivity contribution in [3.8, 4) is 11.5 Å². The van der Waals surface area contributed by atoms with E-state index in [1.165, 1.54) is 39.5 Å². The van der Waals surface area contributed by atoms with Crippen molar-refractivity contribution in [2.24, 2.45) is 0 Å². The lowest BCUT2D eigenvalue weighted by molar-refractivity contribution is 0.0487. The summed E-state index contributed by atoms with van der Waals surface area (Å²) in [5.41, 5.74) is -2.14. The summed E-state index contributed by atoms with van der Waals surface area (Å²) in [6.07, 6.45) is 0. The maximum absolute atomic E-state index is 12.3. The monoisotopic (exact) mass is 372 g/mol. The third kappa shape index (κ3) is 3.53. The van der Waals surface area contributed by atoms with Crippen LogP contribution in [0.3, 0.4) is 0 Å². The molecular weight excluding hydrogens is 352 g/mol. The van der Waals surface area contributed by atoms with Gasteiger partial charge in [0.05, 0.1) is 9.79 Å². The Morgan fingerprint density at radius 2 is 1.19 bits per heavy atom. The minimum absolute atomic E-state index is 0.377. The number of hydrogen-bond acceptors (Lipinski definition) is 6. The summed E-state index contributed by atoms with van der Waals surface area (Å²) < 4.78 is 5.85. The summed E-state index contributed by atoms with van der Waals surface area (Å²) in [4.78, 5) is 26.0. The Hall–Kier alpha value is -2.15.